The van der Waals surface area contributed by atoms with E-state index in [1.54, 1.807) is 54.6 Å². The predicted octanol–water partition coefficient (Wildman–Crippen LogP) is 4.45. The molecule has 22 heavy (non-hydrogen) atoms. The smallest absolute Gasteiger partial charge is 0.270 e. The second-order valence-electron chi connectivity index (χ2n) is 4.59. The van der Waals surface area contributed by atoms with Gasteiger partial charge in [0.15, 0.2) is 4.32 Å². The van der Waals surface area contributed by atoms with Crippen LogP contribution >= 0.6 is 35.6 Å². The summed E-state index contributed by atoms with van der Waals surface area (Å²) in [5.41, 5.74) is 1.52. The van der Waals surface area contributed by atoms with Crippen molar-refractivity contribution in [3.05, 3.63) is 64.0 Å². The Labute approximate surface area is 142 Å². The van der Waals surface area contributed by atoms with Gasteiger partial charge in [-0.25, -0.2) is 0 Å². The zero-order valence-electron chi connectivity index (χ0n) is 11.2. The van der Waals surface area contributed by atoms with E-state index in [2.05, 4.69) is 0 Å². The van der Waals surface area contributed by atoms with Gasteiger partial charge in [0.2, 0.25) is 0 Å². The van der Waals surface area contributed by atoms with E-state index < -0.39 is 0 Å². The van der Waals surface area contributed by atoms with Crippen LogP contribution in [0.3, 0.4) is 0 Å². The molecular weight excluding hydrogens is 338 g/mol. The SMILES string of the molecule is O=C1/C(=C\c2ccc(O)cc2)SC(=S)N1c1ccc(Cl)cc1. The van der Waals surface area contributed by atoms with Gasteiger partial charge in [0.05, 0.1) is 10.6 Å². The van der Waals surface area contributed by atoms with E-state index in [-0.39, 0.29) is 11.7 Å². The summed E-state index contributed by atoms with van der Waals surface area (Å²) < 4.78 is 0.484. The van der Waals surface area contributed by atoms with Gasteiger partial charge in [-0.1, -0.05) is 47.7 Å². The van der Waals surface area contributed by atoms with Crippen LogP contribution in [-0.2, 0) is 4.79 Å². The van der Waals surface area contributed by atoms with Gasteiger partial charge in [0, 0.05) is 5.02 Å². The number of benzene rings is 2. The van der Waals surface area contributed by atoms with Crippen LogP contribution in [0.15, 0.2) is 53.4 Å². The molecule has 0 aliphatic carbocycles. The fourth-order valence-electron chi connectivity index (χ4n) is 2.00. The highest BCUT2D eigenvalue weighted by Gasteiger charge is 2.33. The molecule has 1 heterocycles. The zero-order chi connectivity index (χ0) is 15.7. The highest BCUT2D eigenvalue weighted by atomic mass is 35.5. The van der Waals surface area contributed by atoms with Crippen molar-refractivity contribution < 1.29 is 9.90 Å². The lowest BCUT2D eigenvalue weighted by atomic mass is 10.2. The molecule has 1 amide bonds. The van der Waals surface area contributed by atoms with Gasteiger partial charge < -0.3 is 5.11 Å². The average Bonchev–Trinajstić information content (AvgIpc) is 2.77. The molecule has 0 unspecified atom stereocenters. The molecule has 0 aromatic heterocycles. The van der Waals surface area contributed by atoms with E-state index in [1.165, 1.54) is 16.7 Å². The molecule has 1 fully saturated rings. The van der Waals surface area contributed by atoms with Crippen molar-refractivity contribution in [1.29, 1.82) is 0 Å². The number of thiocarbonyl (C=S) groups is 1. The van der Waals surface area contributed by atoms with Crippen LogP contribution in [0.25, 0.3) is 6.08 Å². The number of carbonyl (C=O) groups is 1. The lowest BCUT2D eigenvalue weighted by molar-refractivity contribution is -0.113. The fourth-order valence-corrected chi connectivity index (χ4v) is 3.43. The number of amides is 1. The number of aromatic hydroxyl groups is 1. The quantitative estimate of drug-likeness (QED) is 0.643. The minimum Gasteiger partial charge on any atom is -0.508 e. The molecule has 1 saturated heterocycles. The Morgan fingerprint density at radius 1 is 1.09 bits per heavy atom. The predicted molar refractivity (Wildman–Crippen MR) is 95.2 cm³/mol. The number of nitrogens with zero attached hydrogens (tertiary/aromatic N) is 1. The molecule has 1 N–H and O–H groups in total. The first-order chi connectivity index (χ1) is 10.5. The van der Waals surface area contributed by atoms with E-state index in [0.717, 1.165) is 5.56 Å². The summed E-state index contributed by atoms with van der Waals surface area (Å²) in [6.45, 7) is 0. The van der Waals surface area contributed by atoms with Gasteiger partial charge in [-0.3, -0.25) is 9.69 Å². The fraction of sp³-hybridized carbons (Fsp3) is 0. The van der Waals surface area contributed by atoms with Crippen LogP contribution in [0.1, 0.15) is 5.56 Å². The number of phenolic OH excluding ortho intramolecular Hbond substituents is 1. The van der Waals surface area contributed by atoms with Crippen LogP contribution in [0.4, 0.5) is 5.69 Å². The molecule has 1 aliphatic heterocycles. The molecule has 0 saturated carbocycles. The molecule has 0 atom stereocenters. The molecule has 2 aromatic rings. The van der Waals surface area contributed by atoms with Crippen LogP contribution in [0.2, 0.25) is 5.02 Å². The van der Waals surface area contributed by atoms with Crippen LogP contribution in [0.5, 0.6) is 5.75 Å². The number of anilines is 1. The first-order valence-electron chi connectivity index (χ1n) is 6.37. The van der Waals surface area contributed by atoms with Crippen LogP contribution in [0, 0.1) is 0 Å². The molecule has 110 valence electrons. The third-order valence-corrected chi connectivity index (χ3v) is 4.62. The molecule has 6 heteroatoms. The first-order valence-corrected chi connectivity index (χ1v) is 7.97. The summed E-state index contributed by atoms with van der Waals surface area (Å²) in [5, 5.41) is 9.90. The molecule has 0 radical (unpaired) electrons. The van der Waals surface area contributed by atoms with E-state index >= 15 is 0 Å². The maximum absolute atomic E-state index is 12.5. The van der Waals surface area contributed by atoms with Gasteiger partial charge >= 0.3 is 0 Å². The van der Waals surface area contributed by atoms with Gasteiger partial charge in [-0.2, -0.15) is 0 Å². The molecular formula is C16H10ClNO2S2. The maximum atomic E-state index is 12.5. The Morgan fingerprint density at radius 2 is 1.73 bits per heavy atom. The zero-order valence-corrected chi connectivity index (χ0v) is 13.6. The number of rotatable bonds is 2. The Hall–Kier alpha value is -1.82. The third kappa shape index (κ3) is 3.02. The summed E-state index contributed by atoms with van der Waals surface area (Å²) >= 11 is 12.4. The van der Waals surface area contributed by atoms with Gasteiger partial charge in [-0.15, -0.1) is 0 Å². The monoisotopic (exact) mass is 347 g/mol. The Kier molecular flexibility index (Phi) is 4.20. The van der Waals surface area contributed by atoms with E-state index in [1.807, 2.05) is 0 Å². The summed E-state index contributed by atoms with van der Waals surface area (Å²) in [4.78, 5) is 14.6. The first kappa shape index (κ1) is 15.1. The molecule has 1 aliphatic rings. The molecule has 0 spiro atoms. The number of phenols is 1. The molecule has 0 bridgehead atoms. The number of carbonyl (C=O) groups excluding carboxylic acids is 1. The van der Waals surface area contributed by atoms with Gasteiger partial charge in [-0.05, 0) is 48.0 Å². The van der Waals surface area contributed by atoms with Crippen molar-refractivity contribution in [3.63, 3.8) is 0 Å². The number of thioether (sulfide) groups is 1. The summed E-state index contributed by atoms with van der Waals surface area (Å²) in [6, 6.07) is 13.6. The third-order valence-electron chi connectivity index (χ3n) is 3.07. The summed E-state index contributed by atoms with van der Waals surface area (Å²) in [6.07, 6.45) is 1.76. The van der Waals surface area contributed by atoms with E-state index in [4.69, 9.17) is 23.8 Å². The van der Waals surface area contributed by atoms with Gasteiger partial charge in [0.1, 0.15) is 5.75 Å². The van der Waals surface area contributed by atoms with Crippen molar-refractivity contribution in [3.8, 4) is 5.75 Å². The Morgan fingerprint density at radius 3 is 2.36 bits per heavy atom. The normalized spacial score (nSPS) is 16.6. The van der Waals surface area contributed by atoms with E-state index in [9.17, 15) is 9.90 Å². The summed E-state index contributed by atoms with van der Waals surface area (Å²) in [5.74, 6) is 0.0243. The van der Waals surface area contributed by atoms with Crippen molar-refractivity contribution in [2.24, 2.45) is 0 Å². The Bertz CT molecular complexity index is 770. The molecule has 3 nitrogen and oxygen atoms in total. The van der Waals surface area contributed by atoms with Crippen molar-refractivity contribution in [1.82, 2.24) is 0 Å². The topological polar surface area (TPSA) is 40.5 Å². The number of hydrogen-bond acceptors (Lipinski definition) is 4. The summed E-state index contributed by atoms with van der Waals surface area (Å²) in [7, 11) is 0. The highest BCUT2D eigenvalue weighted by Crippen LogP contribution is 2.36. The van der Waals surface area contributed by atoms with E-state index in [0.29, 0.717) is 19.9 Å². The lowest BCUT2D eigenvalue weighted by Gasteiger charge is -2.14. The average molecular weight is 348 g/mol. The minimum absolute atomic E-state index is 0.162. The largest absolute Gasteiger partial charge is 0.508 e. The number of halogens is 1. The van der Waals surface area contributed by atoms with Crippen LogP contribution in [-0.4, -0.2) is 15.3 Å². The molecule has 2 aromatic carbocycles. The van der Waals surface area contributed by atoms with Crippen molar-refractivity contribution in [2.45, 2.75) is 0 Å². The second-order valence-corrected chi connectivity index (χ2v) is 6.70. The van der Waals surface area contributed by atoms with Gasteiger partial charge in [0.25, 0.3) is 5.91 Å². The lowest BCUT2D eigenvalue weighted by Crippen LogP contribution is -2.27. The highest BCUT2D eigenvalue weighted by molar-refractivity contribution is 8.27. The Balaban J connectivity index is 1.91. The number of hydrogen-bond donors (Lipinski definition) is 1. The maximum Gasteiger partial charge on any atom is 0.270 e. The minimum atomic E-state index is -0.162. The standard InChI is InChI=1S/C16H10ClNO2S2/c17-11-3-5-12(6-4-11)18-15(20)14(22-16(18)21)9-10-1-7-13(19)8-2-10/h1-9,19H/b14-9+. The second kappa shape index (κ2) is 6.12. The molecule has 3 rings (SSSR count). The van der Waals surface area contributed by atoms with Crippen molar-refractivity contribution >= 4 is 57.6 Å². The van der Waals surface area contributed by atoms with Crippen molar-refractivity contribution in [2.75, 3.05) is 4.90 Å². The van der Waals surface area contributed by atoms with Crippen LogP contribution < -0.4 is 4.90 Å².